The van der Waals surface area contributed by atoms with E-state index in [4.69, 9.17) is 0 Å². The summed E-state index contributed by atoms with van der Waals surface area (Å²) in [7, 11) is 1.87. The third-order valence-corrected chi connectivity index (χ3v) is 4.83. The molecule has 0 spiro atoms. The van der Waals surface area contributed by atoms with Crippen molar-refractivity contribution in [1.82, 2.24) is 15.2 Å². The van der Waals surface area contributed by atoms with E-state index in [1.165, 1.54) is 12.5 Å². The van der Waals surface area contributed by atoms with Crippen LogP contribution in [0.25, 0.3) is 0 Å². The van der Waals surface area contributed by atoms with Gasteiger partial charge in [-0.1, -0.05) is 13.0 Å². The zero-order chi connectivity index (χ0) is 21.6. The van der Waals surface area contributed by atoms with Crippen molar-refractivity contribution >= 4 is 17.7 Å². The topological polar surface area (TPSA) is 94.6 Å². The van der Waals surface area contributed by atoms with Gasteiger partial charge in [0.1, 0.15) is 11.9 Å². The molecule has 1 heterocycles. The molecular formula is C21H35FN4O3. The number of carboxylic acids is 1. The van der Waals surface area contributed by atoms with E-state index in [2.05, 4.69) is 39.6 Å². The van der Waals surface area contributed by atoms with Crippen molar-refractivity contribution in [2.45, 2.75) is 58.4 Å². The maximum atomic E-state index is 12.6. The molecule has 1 atom stereocenters. The number of aryl methyl sites for hydroxylation is 2. The second kappa shape index (κ2) is 13.9. The number of aliphatic carboxylic acids is 1. The van der Waals surface area contributed by atoms with Crippen LogP contribution in [0.4, 0.5) is 10.2 Å². The lowest BCUT2D eigenvalue weighted by atomic mass is 10.1. The predicted molar refractivity (Wildman–Crippen MR) is 113 cm³/mol. The van der Waals surface area contributed by atoms with Crippen LogP contribution in [-0.2, 0) is 22.4 Å². The quantitative estimate of drug-likeness (QED) is 0.385. The van der Waals surface area contributed by atoms with Crippen LogP contribution in [0.1, 0.15) is 50.8 Å². The Balaban J connectivity index is 2.50. The number of nitrogens with one attached hydrogen (secondary N) is 2. The molecular weight excluding hydrogens is 375 g/mol. The maximum absolute atomic E-state index is 12.6. The van der Waals surface area contributed by atoms with E-state index in [0.29, 0.717) is 25.9 Å². The second-order valence-electron chi connectivity index (χ2n) is 7.14. The highest BCUT2D eigenvalue weighted by molar-refractivity contribution is 5.81. The number of carbonyl (C=O) groups excluding carboxylic acids is 1. The number of hydrogen-bond donors (Lipinski definition) is 3. The predicted octanol–water partition coefficient (Wildman–Crippen LogP) is 2.65. The first-order valence-corrected chi connectivity index (χ1v) is 10.4. The third kappa shape index (κ3) is 9.69. The lowest BCUT2D eigenvalue weighted by molar-refractivity contribution is -0.141. The van der Waals surface area contributed by atoms with Gasteiger partial charge in [0, 0.05) is 32.8 Å². The van der Waals surface area contributed by atoms with Crippen molar-refractivity contribution in [3.8, 4) is 0 Å². The van der Waals surface area contributed by atoms with Crippen molar-refractivity contribution in [2.75, 3.05) is 38.7 Å². The van der Waals surface area contributed by atoms with Gasteiger partial charge < -0.3 is 20.6 Å². The normalized spacial score (nSPS) is 12.0. The summed E-state index contributed by atoms with van der Waals surface area (Å²) in [6.07, 6.45) is 4.37. The number of alkyl halides is 1. The Morgan fingerprint density at radius 1 is 1.21 bits per heavy atom. The number of halogens is 1. The fourth-order valence-electron chi connectivity index (χ4n) is 3.24. The number of hydrogen-bond acceptors (Lipinski definition) is 5. The fourth-order valence-corrected chi connectivity index (χ4v) is 3.24. The molecule has 1 aromatic rings. The zero-order valence-electron chi connectivity index (χ0n) is 17.8. The number of carboxylic acid groups (broad SMARTS) is 1. The molecule has 0 fully saturated rings. The first-order chi connectivity index (χ1) is 13.9. The van der Waals surface area contributed by atoms with Crippen LogP contribution in [0.3, 0.4) is 0 Å². The van der Waals surface area contributed by atoms with E-state index in [9.17, 15) is 19.1 Å². The minimum atomic E-state index is -1.05. The molecule has 0 radical (unpaired) electrons. The molecule has 0 aromatic carbocycles. The van der Waals surface area contributed by atoms with Crippen LogP contribution in [-0.4, -0.2) is 66.3 Å². The number of unbranched alkanes of at least 4 members (excludes halogenated alkanes) is 1. The van der Waals surface area contributed by atoms with Crippen molar-refractivity contribution < 1.29 is 19.1 Å². The number of rotatable bonds is 15. The monoisotopic (exact) mass is 410 g/mol. The standard InChI is InChI=1S/C21H35FN4O3/c1-4-17-9-10-18(25-20(17)23-3)8-5-6-13-26(14-7-12-22)15-11-19(21(28)29)24-16(2)27/h9-10,19H,4-8,11-15H2,1-3H3,(H,23,25)(H,24,27)(H,28,29). The Labute approximate surface area is 173 Å². The lowest BCUT2D eigenvalue weighted by Gasteiger charge is -2.24. The number of carbonyl (C=O) groups is 2. The minimum Gasteiger partial charge on any atom is -0.480 e. The highest BCUT2D eigenvalue weighted by Crippen LogP contribution is 2.15. The maximum Gasteiger partial charge on any atom is 0.326 e. The summed E-state index contributed by atoms with van der Waals surface area (Å²) >= 11 is 0. The molecule has 1 unspecified atom stereocenters. The highest BCUT2D eigenvalue weighted by Gasteiger charge is 2.19. The van der Waals surface area contributed by atoms with Crippen molar-refractivity contribution in [3.05, 3.63) is 23.4 Å². The summed E-state index contributed by atoms with van der Waals surface area (Å²) in [5.74, 6) is -0.491. The van der Waals surface area contributed by atoms with E-state index in [1.54, 1.807) is 0 Å². The molecule has 0 aliphatic heterocycles. The number of aromatic nitrogens is 1. The summed E-state index contributed by atoms with van der Waals surface area (Å²) < 4.78 is 12.6. The molecule has 0 saturated carbocycles. The Kier molecular flexibility index (Phi) is 11.9. The summed E-state index contributed by atoms with van der Waals surface area (Å²) in [6.45, 7) is 4.85. The van der Waals surface area contributed by atoms with Gasteiger partial charge in [0.15, 0.2) is 0 Å². The third-order valence-electron chi connectivity index (χ3n) is 4.83. The smallest absolute Gasteiger partial charge is 0.326 e. The van der Waals surface area contributed by atoms with Crippen LogP contribution < -0.4 is 10.6 Å². The van der Waals surface area contributed by atoms with Gasteiger partial charge >= 0.3 is 5.97 Å². The first-order valence-electron chi connectivity index (χ1n) is 10.4. The fraction of sp³-hybridized carbons (Fsp3) is 0.667. The Bertz CT molecular complexity index is 642. The summed E-state index contributed by atoms with van der Waals surface area (Å²) in [4.78, 5) is 29.2. The van der Waals surface area contributed by atoms with Crippen LogP contribution in [0.15, 0.2) is 12.1 Å². The minimum absolute atomic E-state index is 0.298. The molecule has 1 rings (SSSR count). The van der Waals surface area contributed by atoms with Crippen molar-refractivity contribution in [1.29, 1.82) is 0 Å². The number of amides is 1. The molecule has 1 amide bonds. The van der Waals surface area contributed by atoms with Crippen LogP contribution in [0.5, 0.6) is 0 Å². The second-order valence-corrected chi connectivity index (χ2v) is 7.14. The van der Waals surface area contributed by atoms with Gasteiger partial charge in [-0.05, 0) is 56.7 Å². The number of anilines is 1. The van der Waals surface area contributed by atoms with Gasteiger partial charge in [-0.25, -0.2) is 9.78 Å². The lowest BCUT2D eigenvalue weighted by Crippen LogP contribution is -2.42. The number of nitrogens with zero attached hydrogens (tertiary/aromatic N) is 2. The molecule has 164 valence electrons. The molecule has 0 saturated heterocycles. The summed E-state index contributed by atoms with van der Waals surface area (Å²) in [5, 5.41) is 14.8. The summed E-state index contributed by atoms with van der Waals surface area (Å²) in [6, 6.07) is 3.25. The largest absolute Gasteiger partial charge is 0.480 e. The molecule has 7 nitrogen and oxygen atoms in total. The van der Waals surface area contributed by atoms with E-state index < -0.39 is 18.7 Å². The van der Waals surface area contributed by atoms with Crippen LogP contribution >= 0.6 is 0 Å². The van der Waals surface area contributed by atoms with Crippen molar-refractivity contribution in [3.63, 3.8) is 0 Å². The van der Waals surface area contributed by atoms with E-state index in [0.717, 1.165) is 43.7 Å². The zero-order valence-corrected chi connectivity index (χ0v) is 17.8. The first kappa shape index (κ1) is 24.8. The molecule has 3 N–H and O–H groups in total. The molecule has 1 aromatic heterocycles. The summed E-state index contributed by atoms with van der Waals surface area (Å²) in [5.41, 5.74) is 2.24. The number of pyridine rings is 1. The van der Waals surface area contributed by atoms with Gasteiger partial charge in [0.05, 0.1) is 6.67 Å². The molecule has 8 heteroatoms. The Morgan fingerprint density at radius 3 is 2.52 bits per heavy atom. The van der Waals surface area contributed by atoms with Gasteiger partial charge in [0.2, 0.25) is 5.91 Å². The molecule has 0 bridgehead atoms. The molecule has 0 aliphatic carbocycles. The van der Waals surface area contributed by atoms with Gasteiger partial charge in [-0.2, -0.15) is 0 Å². The van der Waals surface area contributed by atoms with E-state index >= 15 is 0 Å². The van der Waals surface area contributed by atoms with Crippen LogP contribution in [0, 0.1) is 0 Å². The van der Waals surface area contributed by atoms with E-state index in [-0.39, 0.29) is 5.91 Å². The molecule has 0 aliphatic rings. The molecule has 29 heavy (non-hydrogen) atoms. The highest BCUT2D eigenvalue weighted by atomic mass is 19.1. The Hall–Kier alpha value is -2.22. The van der Waals surface area contributed by atoms with Gasteiger partial charge in [0.25, 0.3) is 0 Å². The average molecular weight is 411 g/mol. The average Bonchev–Trinajstić information content (AvgIpc) is 2.70. The van der Waals surface area contributed by atoms with E-state index in [1.807, 2.05) is 7.05 Å². The SMILES string of the molecule is CCc1ccc(CCCCN(CCCF)CCC(NC(C)=O)C(=O)O)nc1NC. The van der Waals surface area contributed by atoms with Gasteiger partial charge in [-0.15, -0.1) is 0 Å². The van der Waals surface area contributed by atoms with Crippen LogP contribution in [0.2, 0.25) is 0 Å². The Morgan fingerprint density at radius 2 is 1.93 bits per heavy atom. The van der Waals surface area contributed by atoms with Gasteiger partial charge in [-0.3, -0.25) is 9.18 Å². The van der Waals surface area contributed by atoms with Crippen molar-refractivity contribution in [2.24, 2.45) is 0 Å².